The highest BCUT2D eigenvalue weighted by atomic mass is 79.9. The third-order valence-corrected chi connectivity index (χ3v) is 6.15. The van der Waals surface area contributed by atoms with E-state index in [4.69, 9.17) is 9.47 Å². The van der Waals surface area contributed by atoms with Gasteiger partial charge < -0.3 is 31.6 Å². The van der Waals surface area contributed by atoms with Gasteiger partial charge in [0, 0.05) is 17.4 Å². The number of thioether (sulfide) groups is 1. The first-order valence-electron chi connectivity index (χ1n) is 8.72. The lowest BCUT2D eigenvalue weighted by molar-refractivity contribution is -0.656. The first kappa shape index (κ1) is 20.0. The zero-order valence-electron chi connectivity index (χ0n) is 15.4. The fraction of sp³-hybridized carbons (Fsp3) is 0.350. The van der Waals surface area contributed by atoms with Crippen molar-refractivity contribution in [3.8, 4) is 11.5 Å². The summed E-state index contributed by atoms with van der Waals surface area (Å²) in [4.78, 5) is 2.15. The van der Waals surface area contributed by atoms with Crippen LogP contribution in [0.3, 0.4) is 0 Å². The van der Waals surface area contributed by atoms with E-state index in [1.165, 1.54) is 0 Å². The summed E-state index contributed by atoms with van der Waals surface area (Å²) in [6.07, 6.45) is 1.05. The van der Waals surface area contributed by atoms with Crippen molar-refractivity contribution in [3.63, 3.8) is 0 Å². The topological polar surface area (TPSA) is 44.9 Å². The molecule has 0 saturated carbocycles. The largest absolute Gasteiger partial charge is 1.00 e. The molecular formula is C20H23BrN2O3S. The van der Waals surface area contributed by atoms with E-state index in [9.17, 15) is 5.11 Å². The number of methoxy groups -OCH3 is 2. The van der Waals surface area contributed by atoms with Crippen LogP contribution in [0.25, 0.3) is 0 Å². The molecule has 5 nitrogen and oxygen atoms in total. The molecule has 1 N–H and O–H groups in total. The predicted molar refractivity (Wildman–Crippen MR) is 104 cm³/mol. The van der Waals surface area contributed by atoms with Gasteiger partial charge in [0.25, 0.3) is 5.72 Å². The third kappa shape index (κ3) is 3.44. The van der Waals surface area contributed by atoms with Crippen molar-refractivity contribution < 1.29 is 36.1 Å². The van der Waals surface area contributed by atoms with Gasteiger partial charge in [-0.15, -0.1) is 0 Å². The molecule has 1 atom stereocenters. The Balaban J connectivity index is 0.00000210. The maximum Gasteiger partial charge on any atom is 0.316 e. The lowest BCUT2D eigenvalue weighted by atomic mass is 10.0. The van der Waals surface area contributed by atoms with Crippen molar-refractivity contribution in [1.82, 2.24) is 0 Å². The number of aliphatic hydroxyl groups is 1. The molecule has 1 unspecified atom stereocenters. The monoisotopic (exact) mass is 450 g/mol. The third-order valence-electron chi connectivity index (χ3n) is 4.96. The van der Waals surface area contributed by atoms with Crippen LogP contribution in [-0.4, -0.2) is 47.9 Å². The number of halogens is 1. The van der Waals surface area contributed by atoms with E-state index in [1.54, 1.807) is 26.0 Å². The van der Waals surface area contributed by atoms with E-state index in [0.29, 0.717) is 6.54 Å². The normalized spacial score (nSPS) is 21.5. The zero-order chi connectivity index (χ0) is 18.1. The second-order valence-electron chi connectivity index (χ2n) is 6.44. The van der Waals surface area contributed by atoms with E-state index in [0.717, 1.165) is 46.6 Å². The van der Waals surface area contributed by atoms with Crippen molar-refractivity contribution in [1.29, 1.82) is 0 Å². The second-order valence-corrected chi connectivity index (χ2v) is 7.50. The quantitative estimate of drug-likeness (QED) is 0.657. The van der Waals surface area contributed by atoms with Crippen LogP contribution in [0, 0.1) is 0 Å². The van der Waals surface area contributed by atoms with Gasteiger partial charge in [-0.2, -0.15) is 0 Å². The summed E-state index contributed by atoms with van der Waals surface area (Å²) in [5.74, 6) is 2.57. The Bertz CT molecular complexity index is 846. The molecule has 0 saturated heterocycles. The van der Waals surface area contributed by atoms with Crippen LogP contribution in [-0.2, 0) is 5.72 Å². The molecule has 0 aromatic heterocycles. The molecule has 0 aliphatic carbocycles. The number of amidine groups is 1. The van der Waals surface area contributed by atoms with E-state index < -0.39 is 5.72 Å². The molecule has 2 heterocycles. The number of hydrogen-bond acceptors (Lipinski definition) is 5. The fourth-order valence-electron chi connectivity index (χ4n) is 3.65. The number of hydrogen-bond donors (Lipinski definition) is 1. The number of anilines is 1. The number of rotatable bonds is 4. The molecule has 4 rings (SSSR count). The summed E-state index contributed by atoms with van der Waals surface area (Å²) >= 11 is 1.78. The average Bonchev–Trinajstić information content (AvgIpc) is 3.02. The molecule has 2 aromatic carbocycles. The molecular weight excluding hydrogens is 428 g/mol. The van der Waals surface area contributed by atoms with Crippen LogP contribution in [0.4, 0.5) is 5.69 Å². The lowest BCUT2D eigenvalue weighted by Gasteiger charge is -2.24. The number of nitrogens with zero attached hydrogens (tertiary/aromatic N) is 2. The van der Waals surface area contributed by atoms with Crippen molar-refractivity contribution in [3.05, 3.63) is 54.1 Å². The maximum absolute atomic E-state index is 11.7. The van der Waals surface area contributed by atoms with Crippen LogP contribution in [0.2, 0.25) is 0 Å². The smallest absolute Gasteiger partial charge is 0.316 e. The first-order chi connectivity index (χ1) is 12.7. The standard InChI is InChI=1S/C20H23N2O3S.BrH/c1-24-16-9-10-18(25-2)17(13-16)21-14-20(23,15-7-4-3-5-8-15)22-11-6-12-26-19(21)22;/h3-5,7-10,13,23H,6,11-12,14H2,1-2H3;1H/q+1;/p-1. The summed E-state index contributed by atoms with van der Waals surface area (Å²) in [5, 5.41) is 12.7. The summed E-state index contributed by atoms with van der Waals surface area (Å²) in [7, 11) is 3.33. The van der Waals surface area contributed by atoms with Crippen molar-refractivity contribution in [2.24, 2.45) is 0 Å². The number of ether oxygens (including phenoxy) is 2. The van der Waals surface area contributed by atoms with Gasteiger partial charge in [-0.25, -0.2) is 9.48 Å². The van der Waals surface area contributed by atoms with Crippen LogP contribution in [0.5, 0.6) is 11.5 Å². The highest BCUT2D eigenvalue weighted by Gasteiger charge is 2.53. The molecule has 0 amide bonds. The molecule has 0 radical (unpaired) electrons. The second kappa shape index (κ2) is 8.12. The van der Waals surface area contributed by atoms with Gasteiger partial charge in [-0.1, -0.05) is 30.3 Å². The first-order valence-corrected chi connectivity index (χ1v) is 9.71. The number of β-amino-alcohol motifs (C(OH)–C–C–N with tert-alkyl or cyclic N) is 1. The van der Waals surface area contributed by atoms with Gasteiger partial charge in [-0.05, 0) is 30.3 Å². The van der Waals surface area contributed by atoms with E-state index in [1.807, 2.05) is 48.5 Å². The van der Waals surface area contributed by atoms with Crippen LogP contribution in [0.1, 0.15) is 12.0 Å². The summed E-state index contributed by atoms with van der Waals surface area (Å²) in [6.45, 7) is 1.28. The van der Waals surface area contributed by atoms with Crippen LogP contribution in [0.15, 0.2) is 48.5 Å². The zero-order valence-corrected chi connectivity index (χ0v) is 17.8. The molecule has 0 fully saturated rings. The molecule has 7 heteroatoms. The molecule has 0 spiro atoms. The Morgan fingerprint density at radius 2 is 1.89 bits per heavy atom. The van der Waals surface area contributed by atoms with Crippen LogP contribution >= 0.6 is 11.8 Å². The Kier molecular flexibility index (Phi) is 6.03. The summed E-state index contributed by atoms with van der Waals surface area (Å²) in [5.41, 5.74) is 0.760. The number of benzene rings is 2. The Morgan fingerprint density at radius 1 is 1.11 bits per heavy atom. The predicted octanol–water partition coefficient (Wildman–Crippen LogP) is -0.121. The van der Waals surface area contributed by atoms with Crippen molar-refractivity contribution >= 4 is 22.6 Å². The van der Waals surface area contributed by atoms with Gasteiger partial charge in [0.15, 0.2) is 18.0 Å². The Labute approximate surface area is 174 Å². The van der Waals surface area contributed by atoms with Gasteiger partial charge >= 0.3 is 5.17 Å². The molecule has 2 aliphatic rings. The fourth-order valence-corrected chi connectivity index (χ4v) is 4.82. The average molecular weight is 451 g/mol. The molecule has 2 aromatic rings. The van der Waals surface area contributed by atoms with E-state index in [2.05, 4.69) is 9.48 Å². The Morgan fingerprint density at radius 3 is 2.59 bits per heavy atom. The highest BCUT2D eigenvalue weighted by Crippen LogP contribution is 2.41. The van der Waals surface area contributed by atoms with Crippen molar-refractivity contribution in [2.75, 3.05) is 38.0 Å². The summed E-state index contributed by atoms with van der Waals surface area (Å²) < 4.78 is 13.1. The molecule has 0 bridgehead atoms. The minimum Gasteiger partial charge on any atom is -1.00 e. The molecule has 144 valence electrons. The van der Waals surface area contributed by atoms with Gasteiger partial charge in [0.05, 0.1) is 20.8 Å². The van der Waals surface area contributed by atoms with E-state index >= 15 is 0 Å². The SMILES string of the molecule is COc1ccc(OC)c(N2CC(O)(c3ccccc3)[N+]3=C2SCCC3)c1.[Br-]. The molecule has 2 aliphatic heterocycles. The lowest BCUT2D eigenvalue weighted by Crippen LogP contribution is -3.00. The van der Waals surface area contributed by atoms with Gasteiger partial charge in [0.1, 0.15) is 5.75 Å². The Hall–Kier alpha value is -1.70. The highest BCUT2D eigenvalue weighted by molar-refractivity contribution is 8.13. The maximum atomic E-state index is 11.7. The van der Waals surface area contributed by atoms with Gasteiger partial charge in [0.2, 0.25) is 0 Å². The summed E-state index contributed by atoms with van der Waals surface area (Å²) in [6, 6.07) is 15.7. The minimum absolute atomic E-state index is 0. The van der Waals surface area contributed by atoms with E-state index in [-0.39, 0.29) is 17.0 Å². The van der Waals surface area contributed by atoms with Crippen LogP contribution < -0.4 is 31.4 Å². The van der Waals surface area contributed by atoms with Gasteiger partial charge in [-0.3, -0.25) is 0 Å². The minimum atomic E-state index is -1.06. The van der Waals surface area contributed by atoms with Crippen molar-refractivity contribution in [2.45, 2.75) is 12.1 Å². The molecule has 27 heavy (non-hydrogen) atoms.